The molecule has 1 N–H and O–H groups in total. The highest BCUT2D eigenvalue weighted by atomic mass is 32.2. The van der Waals surface area contributed by atoms with Crippen LogP contribution < -0.4 is 5.32 Å². The molecule has 1 atom stereocenters. The van der Waals surface area contributed by atoms with Crippen molar-refractivity contribution in [3.05, 3.63) is 29.8 Å². The number of piperidine rings is 1. The van der Waals surface area contributed by atoms with E-state index >= 15 is 0 Å². The molecule has 2 heterocycles. The number of rotatable bonds is 5. The Kier molecular flexibility index (Phi) is 5.96. The number of nitrogens with one attached hydrogen (secondary N) is 1. The van der Waals surface area contributed by atoms with Crippen molar-refractivity contribution >= 4 is 39.8 Å². The topological polar surface area (TPSA) is 58.1 Å². The maximum absolute atomic E-state index is 12.6. The van der Waals surface area contributed by atoms with Crippen LogP contribution in [-0.2, 0) is 4.79 Å². The molecule has 1 aliphatic rings. The third kappa shape index (κ3) is 4.73. The zero-order valence-electron chi connectivity index (χ0n) is 14.9. The molecule has 25 heavy (non-hydrogen) atoms. The molecule has 5 nitrogen and oxygen atoms in total. The molecular formula is C18H24N4OS2. The van der Waals surface area contributed by atoms with Gasteiger partial charge in [0.1, 0.15) is 0 Å². The summed E-state index contributed by atoms with van der Waals surface area (Å²) in [7, 11) is 0. The Labute approximate surface area is 157 Å². The molecule has 0 spiro atoms. The monoisotopic (exact) mass is 376 g/mol. The van der Waals surface area contributed by atoms with Crippen molar-refractivity contribution < 1.29 is 4.79 Å². The molecule has 0 radical (unpaired) electrons. The van der Waals surface area contributed by atoms with Gasteiger partial charge in [-0.1, -0.05) is 48.2 Å². The van der Waals surface area contributed by atoms with E-state index in [9.17, 15) is 4.79 Å². The summed E-state index contributed by atoms with van der Waals surface area (Å²) in [5.41, 5.74) is 2.19. The number of aryl methyl sites for hydroxylation is 1. The Morgan fingerprint density at radius 2 is 2.04 bits per heavy atom. The van der Waals surface area contributed by atoms with Gasteiger partial charge in [0, 0.05) is 18.8 Å². The van der Waals surface area contributed by atoms with Gasteiger partial charge in [0.25, 0.3) is 0 Å². The maximum Gasteiger partial charge on any atom is 0.235 e. The van der Waals surface area contributed by atoms with Crippen LogP contribution in [0.15, 0.2) is 28.6 Å². The summed E-state index contributed by atoms with van der Waals surface area (Å²) in [5.74, 6) is 0.936. The van der Waals surface area contributed by atoms with Crippen molar-refractivity contribution in [1.82, 2.24) is 15.1 Å². The van der Waals surface area contributed by atoms with Crippen LogP contribution in [0.2, 0.25) is 0 Å². The number of carbonyl (C=O) groups excluding carboxylic acids is 1. The van der Waals surface area contributed by atoms with Crippen molar-refractivity contribution in [2.24, 2.45) is 5.92 Å². The number of anilines is 2. The first kappa shape index (κ1) is 18.2. The van der Waals surface area contributed by atoms with Gasteiger partial charge in [-0.25, -0.2) is 0 Å². The first-order chi connectivity index (χ1) is 12.0. The number of para-hydroxylation sites is 1. The average molecular weight is 377 g/mol. The molecule has 1 fully saturated rings. The summed E-state index contributed by atoms with van der Waals surface area (Å²) < 4.78 is 0.822. The molecule has 134 valence electrons. The number of thioether (sulfide) groups is 1. The Morgan fingerprint density at radius 1 is 1.32 bits per heavy atom. The molecule has 1 amide bonds. The minimum atomic E-state index is -0.132. The fourth-order valence-corrected chi connectivity index (χ4v) is 4.82. The van der Waals surface area contributed by atoms with E-state index in [-0.39, 0.29) is 11.2 Å². The Balaban J connectivity index is 1.57. The molecule has 1 aliphatic heterocycles. The van der Waals surface area contributed by atoms with Gasteiger partial charge in [-0.2, -0.15) is 0 Å². The van der Waals surface area contributed by atoms with Gasteiger partial charge in [0.2, 0.25) is 11.0 Å². The molecule has 3 rings (SSSR count). The van der Waals surface area contributed by atoms with Gasteiger partial charge in [-0.05, 0) is 44.2 Å². The quantitative estimate of drug-likeness (QED) is 0.787. The fourth-order valence-electron chi connectivity index (χ4n) is 2.82. The molecule has 7 heteroatoms. The van der Waals surface area contributed by atoms with Gasteiger partial charge >= 0.3 is 0 Å². The van der Waals surface area contributed by atoms with Gasteiger partial charge in [0.05, 0.1) is 5.25 Å². The maximum atomic E-state index is 12.6. The normalized spacial score (nSPS) is 16.7. The van der Waals surface area contributed by atoms with Crippen molar-refractivity contribution in [2.45, 2.75) is 43.2 Å². The zero-order chi connectivity index (χ0) is 17.8. The summed E-state index contributed by atoms with van der Waals surface area (Å²) in [5, 5.41) is 12.3. The van der Waals surface area contributed by atoms with E-state index in [0.717, 1.165) is 52.6 Å². The predicted octanol–water partition coefficient (Wildman–Crippen LogP) is 4.33. The summed E-state index contributed by atoms with van der Waals surface area (Å²) in [6.07, 6.45) is 2.21. The number of aromatic nitrogens is 2. The number of benzene rings is 1. The van der Waals surface area contributed by atoms with E-state index in [1.807, 2.05) is 30.0 Å². The number of amides is 1. The molecule has 0 unspecified atom stereocenters. The second kappa shape index (κ2) is 8.19. The predicted molar refractivity (Wildman–Crippen MR) is 105 cm³/mol. The summed E-state index contributed by atoms with van der Waals surface area (Å²) in [6.45, 7) is 8.02. The summed E-state index contributed by atoms with van der Waals surface area (Å²) >= 11 is 2.98. The second-order valence-corrected chi connectivity index (χ2v) is 9.15. The van der Waals surface area contributed by atoms with Crippen LogP contribution in [-0.4, -0.2) is 39.3 Å². The molecule has 1 saturated heterocycles. The lowest BCUT2D eigenvalue weighted by Crippen LogP contribution is -2.41. The Morgan fingerprint density at radius 3 is 2.76 bits per heavy atom. The SMILES string of the molecule is Cc1ccccc1Nc1nnc(S[C@@H](C)C(=O)N2CCC(C)CC2)s1. The van der Waals surface area contributed by atoms with E-state index in [0.29, 0.717) is 0 Å². The molecule has 1 aromatic heterocycles. The summed E-state index contributed by atoms with van der Waals surface area (Å²) in [6, 6.07) is 8.08. The standard InChI is InChI=1S/C18H24N4OS2/c1-12-8-10-22(11-9-12)16(23)14(3)24-18-21-20-17(25-18)19-15-7-5-4-6-13(15)2/h4-7,12,14H,8-11H2,1-3H3,(H,19,20)/t14-/m0/s1. The van der Waals surface area contributed by atoms with Crippen molar-refractivity contribution in [3.8, 4) is 0 Å². The second-order valence-electron chi connectivity index (χ2n) is 6.58. The van der Waals surface area contributed by atoms with E-state index in [1.165, 1.54) is 23.1 Å². The van der Waals surface area contributed by atoms with Crippen LogP contribution in [0.25, 0.3) is 0 Å². The van der Waals surface area contributed by atoms with E-state index < -0.39 is 0 Å². The lowest BCUT2D eigenvalue weighted by molar-refractivity contribution is -0.131. The van der Waals surface area contributed by atoms with E-state index in [1.54, 1.807) is 0 Å². The minimum Gasteiger partial charge on any atom is -0.342 e. The van der Waals surface area contributed by atoms with Crippen LogP contribution in [0.3, 0.4) is 0 Å². The fraction of sp³-hybridized carbons (Fsp3) is 0.500. The van der Waals surface area contributed by atoms with Crippen LogP contribution in [0, 0.1) is 12.8 Å². The van der Waals surface area contributed by atoms with Crippen molar-refractivity contribution in [2.75, 3.05) is 18.4 Å². The Bertz CT molecular complexity index is 725. The molecular weight excluding hydrogens is 352 g/mol. The third-order valence-corrected chi connectivity index (χ3v) is 6.52. The molecule has 0 aliphatic carbocycles. The van der Waals surface area contributed by atoms with Crippen molar-refractivity contribution in [3.63, 3.8) is 0 Å². The molecule has 0 bridgehead atoms. The van der Waals surface area contributed by atoms with Crippen LogP contribution in [0.1, 0.15) is 32.3 Å². The van der Waals surface area contributed by atoms with Crippen LogP contribution in [0.5, 0.6) is 0 Å². The number of likely N-dealkylation sites (tertiary alicyclic amines) is 1. The zero-order valence-corrected chi connectivity index (χ0v) is 16.5. The highest BCUT2D eigenvalue weighted by molar-refractivity contribution is 8.02. The Hall–Kier alpha value is -1.60. The number of hydrogen-bond donors (Lipinski definition) is 1. The van der Waals surface area contributed by atoms with Gasteiger partial charge in [-0.3, -0.25) is 4.79 Å². The van der Waals surface area contributed by atoms with Gasteiger partial charge in [0.15, 0.2) is 4.34 Å². The van der Waals surface area contributed by atoms with Crippen LogP contribution in [0.4, 0.5) is 10.8 Å². The minimum absolute atomic E-state index is 0.132. The van der Waals surface area contributed by atoms with E-state index in [4.69, 9.17) is 0 Å². The van der Waals surface area contributed by atoms with Gasteiger partial charge in [-0.15, -0.1) is 10.2 Å². The molecule has 0 saturated carbocycles. The van der Waals surface area contributed by atoms with E-state index in [2.05, 4.69) is 35.4 Å². The average Bonchev–Trinajstić information content (AvgIpc) is 3.04. The lowest BCUT2D eigenvalue weighted by atomic mass is 9.99. The number of hydrogen-bond acceptors (Lipinski definition) is 6. The van der Waals surface area contributed by atoms with Crippen molar-refractivity contribution in [1.29, 1.82) is 0 Å². The lowest BCUT2D eigenvalue weighted by Gasteiger charge is -2.31. The first-order valence-electron chi connectivity index (χ1n) is 8.64. The van der Waals surface area contributed by atoms with Gasteiger partial charge < -0.3 is 10.2 Å². The molecule has 2 aromatic rings. The number of carbonyl (C=O) groups is 1. The molecule has 1 aromatic carbocycles. The summed E-state index contributed by atoms with van der Waals surface area (Å²) in [4.78, 5) is 14.6. The smallest absolute Gasteiger partial charge is 0.235 e. The highest BCUT2D eigenvalue weighted by Crippen LogP contribution is 2.32. The highest BCUT2D eigenvalue weighted by Gasteiger charge is 2.26. The first-order valence-corrected chi connectivity index (χ1v) is 10.3. The van der Waals surface area contributed by atoms with Crippen LogP contribution >= 0.6 is 23.1 Å². The third-order valence-electron chi connectivity index (χ3n) is 4.51. The number of nitrogens with zero attached hydrogens (tertiary/aromatic N) is 3. The largest absolute Gasteiger partial charge is 0.342 e.